The summed E-state index contributed by atoms with van der Waals surface area (Å²) in [5.41, 5.74) is -0.783. The Morgan fingerprint density at radius 3 is 2.50 bits per heavy atom. The van der Waals surface area contributed by atoms with Crippen molar-refractivity contribution in [2.75, 3.05) is 5.32 Å². The monoisotopic (exact) mass is 383 g/mol. The zero-order valence-electron chi connectivity index (χ0n) is 9.59. The number of halogens is 5. The van der Waals surface area contributed by atoms with Crippen molar-refractivity contribution in [1.29, 1.82) is 0 Å². The molecule has 106 valence electrons. The summed E-state index contributed by atoms with van der Waals surface area (Å²) >= 11 is 9.85. The van der Waals surface area contributed by atoms with Crippen molar-refractivity contribution in [2.45, 2.75) is 6.18 Å². The van der Waals surface area contributed by atoms with Crippen LogP contribution in [0.2, 0.25) is 4.34 Å². The van der Waals surface area contributed by atoms with E-state index in [9.17, 15) is 18.0 Å². The predicted molar refractivity (Wildman–Crippen MR) is 76.4 cm³/mol. The summed E-state index contributed by atoms with van der Waals surface area (Å²) in [4.78, 5) is 12.2. The summed E-state index contributed by atoms with van der Waals surface area (Å²) in [5.74, 6) is -0.512. The van der Waals surface area contributed by atoms with Crippen molar-refractivity contribution in [3.63, 3.8) is 0 Å². The van der Waals surface area contributed by atoms with Crippen LogP contribution < -0.4 is 5.32 Å². The standard InChI is InChI=1S/C12H6BrClF3NOS/c13-7-2-1-6(12(15,16)17)5-8(7)18-11(19)9-3-4-10(14)20-9/h1-5H,(H,18,19). The highest BCUT2D eigenvalue weighted by Crippen LogP contribution is 2.34. The number of thiophene rings is 1. The molecule has 8 heteroatoms. The molecule has 0 radical (unpaired) electrons. The summed E-state index contributed by atoms with van der Waals surface area (Å²) in [6.45, 7) is 0. The first-order valence-electron chi connectivity index (χ1n) is 5.21. The van der Waals surface area contributed by atoms with E-state index < -0.39 is 17.6 Å². The first-order chi connectivity index (χ1) is 9.27. The third-order valence-corrected chi connectivity index (χ3v) is 4.26. The normalized spacial score (nSPS) is 11.4. The molecule has 0 atom stereocenters. The van der Waals surface area contributed by atoms with Crippen molar-refractivity contribution < 1.29 is 18.0 Å². The molecule has 1 aromatic heterocycles. The number of carbonyl (C=O) groups excluding carboxylic acids is 1. The van der Waals surface area contributed by atoms with E-state index in [1.54, 1.807) is 6.07 Å². The first kappa shape index (κ1) is 15.3. The third-order valence-electron chi connectivity index (χ3n) is 2.34. The lowest BCUT2D eigenvalue weighted by molar-refractivity contribution is -0.137. The summed E-state index contributed by atoms with van der Waals surface area (Å²) in [5, 5.41) is 2.42. The first-order valence-corrected chi connectivity index (χ1v) is 7.19. The molecule has 2 nitrogen and oxygen atoms in total. The Morgan fingerprint density at radius 2 is 1.95 bits per heavy atom. The molecule has 1 amide bonds. The Bertz CT molecular complexity index is 656. The minimum absolute atomic E-state index is 0.0503. The van der Waals surface area contributed by atoms with E-state index in [4.69, 9.17) is 11.6 Å². The molecule has 0 unspecified atom stereocenters. The Labute approximate surface area is 129 Å². The Hall–Kier alpha value is -1.05. The quantitative estimate of drug-likeness (QED) is 0.734. The van der Waals surface area contributed by atoms with Crippen LogP contribution in [0.15, 0.2) is 34.8 Å². The Balaban J connectivity index is 2.27. The largest absolute Gasteiger partial charge is 0.416 e. The van der Waals surface area contributed by atoms with Gasteiger partial charge in [0.1, 0.15) is 0 Å². The molecule has 0 aliphatic rings. The van der Waals surface area contributed by atoms with Gasteiger partial charge in [-0.2, -0.15) is 13.2 Å². The second-order valence-electron chi connectivity index (χ2n) is 3.75. The van der Waals surface area contributed by atoms with E-state index in [0.717, 1.165) is 23.5 Å². The van der Waals surface area contributed by atoms with Gasteiger partial charge in [0.2, 0.25) is 0 Å². The van der Waals surface area contributed by atoms with Crippen molar-refractivity contribution in [3.05, 3.63) is 49.6 Å². The molecule has 0 aliphatic carbocycles. The molecule has 20 heavy (non-hydrogen) atoms. The van der Waals surface area contributed by atoms with Crippen molar-refractivity contribution in [1.82, 2.24) is 0 Å². The zero-order chi connectivity index (χ0) is 14.9. The molecule has 2 aromatic rings. The van der Waals surface area contributed by atoms with Gasteiger partial charge in [0.25, 0.3) is 5.91 Å². The Morgan fingerprint density at radius 1 is 1.25 bits per heavy atom. The van der Waals surface area contributed by atoms with Crippen LogP contribution in [0.5, 0.6) is 0 Å². The van der Waals surface area contributed by atoms with Crippen molar-refractivity contribution in [3.8, 4) is 0 Å². The van der Waals surface area contributed by atoms with Crippen molar-refractivity contribution >= 4 is 50.5 Å². The number of hydrogen-bond donors (Lipinski definition) is 1. The lowest BCUT2D eigenvalue weighted by Crippen LogP contribution is -2.12. The van der Waals surface area contributed by atoms with E-state index in [1.165, 1.54) is 12.1 Å². The van der Waals surface area contributed by atoms with Crippen LogP contribution in [-0.2, 0) is 6.18 Å². The maximum Gasteiger partial charge on any atom is 0.416 e. The Kier molecular flexibility index (Phi) is 4.41. The molecule has 0 spiro atoms. The average Bonchev–Trinajstić information content (AvgIpc) is 2.77. The zero-order valence-corrected chi connectivity index (χ0v) is 12.8. The van der Waals surface area contributed by atoms with Crippen LogP contribution >= 0.6 is 38.9 Å². The number of anilines is 1. The van der Waals surface area contributed by atoms with Gasteiger partial charge < -0.3 is 5.32 Å². The average molecular weight is 385 g/mol. The maximum atomic E-state index is 12.6. The fourth-order valence-corrected chi connectivity index (χ4v) is 2.70. The molecular formula is C12H6BrClF3NOS. The minimum atomic E-state index is -4.47. The molecule has 0 aliphatic heterocycles. The summed E-state index contributed by atoms with van der Waals surface area (Å²) < 4.78 is 38.7. The van der Waals surface area contributed by atoms with Gasteiger partial charge in [-0.05, 0) is 46.3 Å². The van der Waals surface area contributed by atoms with Gasteiger partial charge in [-0.25, -0.2) is 0 Å². The lowest BCUT2D eigenvalue weighted by atomic mass is 10.2. The fraction of sp³-hybridized carbons (Fsp3) is 0.0833. The molecule has 1 aromatic carbocycles. The predicted octanol–water partition coefficient (Wildman–Crippen LogP) is 5.44. The molecule has 1 heterocycles. The minimum Gasteiger partial charge on any atom is -0.320 e. The highest BCUT2D eigenvalue weighted by Gasteiger charge is 2.31. The van der Waals surface area contributed by atoms with Crippen molar-refractivity contribution in [2.24, 2.45) is 0 Å². The maximum absolute atomic E-state index is 12.6. The van der Waals surface area contributed by atoms with Gasteiger partial charge in [-0.1, -0.05) is 11.6 Å². The number of carbonyl (C=O) groups is 1. The van der Waals surface area contributed by atoms with Crippen LogP contribution in [0.3, 0.4) is 0 Å². The number of nitrogens with one attached hydrogen (secondary N) is 1. The number of alkyl halides is 3. The van der Waals surface area contributed by atoms with Gasteiger partial charge in [0.15, 0.2) is 0 Å². The molecule has 2 rings (SSSR count). The summed E-state index contributed by atoms with van der Waals surface area (Å²) in [6, 6.07) is 6.09. The van der Waals surface area contributed by atoms with Gasteiger partial charge in [0.05, 0.1) is 20.5 Å². The fourth-order valence-electron chi connectivity index (χ4n) is 1.42. The van der Waals surface area contributed by atoms with Gasteiger partial charge >= 0.3 is 6.18 Å². The van der Waals surface area contributed by atoms with Crippen LogP contribution in [0.25, 0.3) is 0 Å². The van der Waals surface area contributed by atoms with Crippen LogP contribution in [0.1, 0.15) is 15.2 Å². The van der Waals surface area contributed by atoms with Crippen LogP contribution in [0.4, 0.5) is 18.9 Å². The second-order valence-corrected chi connectivity index (χ2v) is 6.32. The molecular weight excluding hydrogens is 379 g/mol. The van der Waals surface area contributed by atoms with Crippen LogP contribution in [-0.4, -0.2) is 5.91 Å². The number of benzene rings is 1. The van der Waals surface area contributed by atoms with E-state index in [2.05, 4.69) is 21.2 Å². The lowest BCUT2D eigenvalue weighted by Gasteiger charge is -2.11. The van der Waals surface area contributed by atoms with E-state index >= 15 is 0 Å². The summed E-state index contributed by atoms with van der Waals surface area (Å²) in [7, 11) is 0. The number of amides is 1. The molecule has 0 fully saturated rings. The highest BCUT2D eigenvalue weighted by molar-refractivity contribution is 9.10. The number of hydrogen-bond acceptors (Lipinski definition) is 2. The highest BCUT2D eigenvalue weighted by atomic mass is 79.9. The SMILES string of the molecule is O=C(Nc1cc(C(F)(F)F)ccc1Br)c1ccc(Cl)s1. The summed E-state index contributed by atoms with van der Waals surface area (Å²) in [6.07, 6.45) is -4.47. The smallest absolute Gasteiger partial charge is 0.320 e. The molecule has 0 bridgehead atoms. The molecule has 0 saturated carbocycles. The van der Waals surface area contributed by atoms with Gasteiger partial charge in [0, 0.05) is 4.47 Å². The third kappa shape index (κ3) is 3.53. The molecule has 1 N–H and O–H groups in total. The topological polar surface area (TPSA) is 29.1 Å². The van der Waals surface area contributed by atoms with Gasteiger partial charge in [-0.15, -0.1) is 11.3 Å². The second kappa shape index (κ2) is 5.75. The van der Waals surface area contributed by atoms with E-state index in [0.29, 0.717) is 13.7 Å². The molecule has 0 saturated heterocycles. The van der Waals surface area contributed by atoms with E-state index in [1.807, 2.05) is 0 Å². The van der Waals surface area contributed by atoms with Crippen LogP contribution in [0, 0.1) is 0 Å². The number of rotatable bonds is 2. The van der Waals surface area contributed by atoms with E-state index in [-0.39, 0.29) is 5.69 Å². The van der Waals surface area contributed by atoms with Gasteiger partial charge in [-0.3, -0.25) is 4.79 Å².